The van der Waals surface area contributed by atoms with E-state index in [9.17, 15) is 9.59 Å². The first-order valence-electron chi connectivity index (χ1n) is 10.1. The zero-order valence-corrected chi connectivity index (χ0v) is 18.8. The van der Waals surface area contributed by atoms with Gasteiger partial charge < -0.3 is 14.8 Å². The smallest absolute Gasteiger partial charge is 0.407 e. The topological polar surface area (TPSA) is 64.6 Å². The number of amides is 1. The summed E-state index contributed by atoms with van der Waals surface area (Å²) in [7, 11) is 1.29. The molecule has 0 bridgehead atoms. The Morgan fingerprint density at radius 1 is 0.938 bits per heavy atom. The summed E-state index contributed by atoms with van der Waals surface area (Å²) in [5.41, 5.74) is 5.17. The Bertz CT molecular complexity index is 1120. The molecule has 1 aliphatic rings. The second kappa shape index (κ2) is 9.63. The molecule has 1 unspecified atom stereocenters. The average Bonchev–Trinajstić information content (AvgIpc) is 3.12. The van der Waals surface area contributed by atoms with E-state index >= 15 is 0 Å². The first kappa shape index (κ1) is 22.2. The van der Waals surface area contributed by atoms with Gasteiger partial charge in [0.15, 0.2) is 0 Å². The van der Waals surface area contributed by atoms with E-state index in [0.29, 0.717) is 15.6 Å². The molecule has 4 rings (SSSR count). The molecule has 5 nitrogen and oxygen atoms in total. The second-order valence-corrected chi connectivity index (χ2v) is 8.29. The number of nitrogens with one attached hydrogen (secondary N) is 1. The third-order valence-electron chi connectivity index (χ3n) is 5.58. The molecule has 1 amide bonds. The van der Waals surface area contributed by atoms with E-state index in [4.69, 9.17) is 32.7 Å². The van der Waals surface area contributed by atoms with E-state index in [2.05, 4.69) is 29.6 Å². The number of methoxy groups -OCH3 is 1. The molecular formula is C25H21Cl2NO4. The number of halogens is 2. The van der Waals surface area contributed by atoms with Crippen LogP contribution >= 0.6 is 23.2 Å². The summed E-state index contributed by atoms with van der Waals surface area (Å²) in [6.45, 7) is 0.173. The van der Waals surface area contributed by atoms with Crippen molar-refractivity contribution in [3.8, 4) is 11.1 Å². The first-order chi connectivity index (χ1) is 15.5. The lowest BCUT2D eigenvalue weighted by molar-refractivity contribution is -0.141. The molecule has 3 aromatic rings. The van der Waals surface area contributed by atoms with Crippen LogP contribution in [0, 0.1) is 0 Å². The summed E-state index contributed by atoms with van der Waals surface area (Å²) in [4.78, 5) is 24.6. The van der Waals surface area contributed by atoms with Crippen LogP contribution in [0.5, 0.6) is 0 Å². The molecule has 0 fully saturated rings. The van der Waals surface area contributed by atoms with Gasteiger partial charge in [-0.15, -0.1) is 0 Å². The van der Waals surface area contributed by atoms with Crippen LogP contribution in [0.1, 0.15) is 35.1 Å². The first-order valence-corrected chi connectivity index (χ1v) is 10.9. The molecule has 3 aromatic carbocycles. The van der Waals surface area contributed by atoms with Gasteiger partial charge in [0.05, 0.1) is 29.6 Å². The van der Waals surface area contributed by atoms with E-state index in [1.165, 1.54) is 7.11 Å². The summed E-state index contributed by atoms with van der Waals surface area (Å²) in [6.07, 6.45) is -0.703. The van der Waals surface area contributed by atoms with Crippen LogP contribution in [0.2, 0.25) is 10.0 Å². The molecule has 1 aliphatic carbocycles. The maximum absolute atomic E-state index is 12.7. The van der Waals surface area contributed by atoms with E-state index < -0.39 is 18.1 Å². The van der Waals surface area contributed by atoms with Crippen LogP contribution in [-0.2, 0) is 14.3 Å². The van der Waals surface area contributed by atoms with Crippen molar-refractivity contribution < 1.29 is 19.1 Å². The van der Waals surface area contributed by atoms with Gasteiger partial charge in [0, 0.05) is 5.92 Å². The Morgan fingerprint density at radius 3 is 2.16 bits per heavy atom. The number of rotatable bonds is 6. The van der Waals surface area contributed by atoms with Gasteiger partial charge in [-0.3, -0.25) is 4.79 Å². The zero-order chi connectivity index (χ0) is 22.7. The molecular weight excluding hydrogens is 449 g/mol. The van der Waals surface area contributed by atoms with Crippen LogP contribution in [0.3, 0.4) is 0 Å². The number of ether oxygens (including phenoxy) is 2. The van der Waals surface area contributed by atoms with E-state index in [1.807, 2.05) is 24.3 Å². The van der Waals surface area contributed by atoms with Crippen molar-refractivity contribution in [2.24, 2.45) is 0 Å². The monoisotopic (exact) mass is 469 g/mol. The number of esters is 1. The minimum absolute atomic E-state index is 0.0582. The summed E-state index contributed by atoms with van der Waals surface area (Å²) >= 11 is 12.1. The Morgan fingerprint density at radius 2 is 1.56 bits per heavy atom. The Balaban J connectivity index is 1.49. The van der Waals surface area contributed by atoms with Gasteiger partial charge in [-0.2, -0.15) is 0 Å². The number of alkyl carbamates (subject to hydrolysis) is 1. The summed E-state index contributed by atoms with van der Waals surface area (Å²) in [6, 6.07) is 20.5. The third kappa shape index (κ3) is 4.59. The number of hydrogen-bond acceptors (Lipinski definition) is 4. The fraction of sp³-hybridized carbons (Fsp3) is 0.200. The van der Waals surface area contributed by atoms with Gasteiger partial charge in [-0.05, 0) is 39.9 Å². The molecule has 0 aromatic heterocycles. The number of fused-ring (bicyclic) bond motifs is 3. The van der Waals surface area contributed by atoms with Crippen LogP contribution in [0.15, 0.2) is 66.7 Å². The number of carbonyl (C=O) groups excluding carboxylic acids is 2. The van der Waals surface area contributed by atoms with Crippen molar-refractivity contribution in [1.29, 1.82) is 0 Å². The molecule has 0 saturated heterocycles. The minimum Gasteiger partial charge on any atom is -0.469 e. The maximum atomic E-state index is 12.7. The number of carbonyl (C=O) groups is 2. The van der Waals surface area contributed by atoms with E-state index in [0.717, 1.165) is 22.3 Å². The quantitative estimate of drug-likeness (QED) is 0.440. The van der Waals surface area contributed by atoms with E-state index in [-0.39, 0.29) is 18.9 Å². The highest BCUT2D eigenvalue weighted by atomic mass is 35.5. The van der Waals surface area contributed by atoms with Gasteiger partial charge in [-0.25, -0.2) is 4.79 Å². The Hall–Kier alpha value is -3.02. The fourth-order valence-corrected chi connectivity index (χ4v) is 4.32. The highest BCUT2D eigenvalue weighted by Crippen LogP contribution is 2.44. The maximum Gasteiger partial charge on any atom is 0.407 e. The summed E-state index contributed by atoms with van der Waals surface area (Å²) in [5.74, 6) is -0.530. The molecule has 0 saturated carbocycles. The largest absolute Gasteiger partial charge is 0.469 e. The van der Waals surface area contributed by atoms with Gasteiger partial charge >= 0.3 is 12.1 Å². The molecule has 1 N–H and O–H groups in total. The SMILES string of the molecule is COC(=O)CC(NC(=O)OCC1c2ccccc2-c2ccccc21)c1ccc(Cl)c(Cl)c1. The van der Waals surface area contributed by atoms with Gasteiger partial charge in [0.2, 0.25) is 0 Å². The molecule has 7 heteroatoms. The normalized spacial score (nSPS) is 13.1. The predicted octanol–water partition coefficient (Wildman–Crippen LogP) is 6.14. The average molecular weight is 470 g/mol. The Labute approximate surface area is 196 Å². The predicted molar refractivity (Wildman–Crippen MR) is 124 cm³/mol. The lowest BCUT2D eigenvalue weighted by atomic mass is 9.98. The van der Waals surface area contributed by atoms with E-state index in [1.54, 1.807) is 18.2 Å². The summed E-state index contributed by atoms with van der Waals surface area (Å²) in [5, 5.41) is 3.46. The third-order valence-corrected chi connectivity index (χ3v) is 6.32. The molecule has 0 radical (unpaired) electrons. The summed E-state index contributed by atoms with van der Waals surface area (Å²) < 4.78 is 10.4. The Kier molecular flexibility index (Phi) is 6.68. The van der Waals surface area contributed by atoms with Gasteiger partial charge in [0.25, 0.3) is 0 Å². The lowest BCUT2D eigenvalue weighted by Gasteiger charge is -2.20. The standard InChI is InChI=1S/C25H21Cl2NO4/c1-31-24(29)13-23(15-10-11-21(26)22(27)12-15)28-25(30)32-14-20-18-8-4-2-6-16(18)17-7-3-5-9-19(17)20/h2-12,20,23H,13-14H2,1H3,(H,28,30). The van der Waals surface area contributed by atoms with Crippen molar-refractivity contribution in [2.75, 3.05) is 13.7 Å². The molecule has 0 aliphatic heterocycles. The molecule has 0 spiro atoms. The molecule has 32 heavy (non-hydrogen) atoms. The van der Waals surface area contributed by atoms with Crippen molar-refractivity contribution in [2.45, 2.75) is 18.4 Å². The van der Waals surface area contributed by atoms with Crippen LogP contribution in [0.4, 0.5) is 4.79 Å². The highest BCUT2D eigenvalue weighted by Gasteiger charge is 2.29. The number of hydrogen-bond donors (Lipinski definition) is 1. The fourth-order valence-electron chi connectivity index (χ4n) is 4.01. The van der Waals surface area contributed by atoms with Crippen LogP contribution in [0.25, 0.3) is 11.1 Å². The van der Waals surface area contributed by atoms with Crippen molar-refractivity contribution >= 4 is 35.3 Å². The lowest BCUT2D eigenvalue weighted by Crippen LogP contribution is -2.32. The van der Waals surface area contributed by atoms with Gasteiger partial charge in [-0.1, -0.05) is 77.8 Å². The minimum atomic E-state index is -0.673. The van der Waals surface area contributed by atoms with Crippen LogP contribution in [-0.4, -0.2) is 25.8 Å². The molecule has 1 atom stereocenters. The second-order valence-electron chi connectivity index (χ2n) is 7.48. The van der Waals surface area contributed by atoms with Crippen molar-refractivity contribution in [3.63, 3.8) is 0 Å². The van der Waals surface area contributed by atoms with Gasteiger partial charge in [0.1, 0.15) is 6.61 Å². The van der Waals surface area contributed by atoms with Crippen LogP contribution < -0.4 is 5.32 Å². The molecule has 164 valence electrons. The van der Waals surface area contributed by atoms with Crippen molar-refractivity contribution in [1.82, 2.24) is 5.32 Å². The number of benzene rings is 3. The highest BCUT2D eigenvalue weighted by molar-refractivity contribution is 6.42. The zero-order valence-electron chi connectivity index (χ0n) is 17.3. The molecule has 0 heterocycles. The van der Waals surface area contributed by atoms with Crippen molar-refractivity contribution in [3.05, 3.63) is 93.5 Å².